The Morgan fingerprint density at radius 2 is 1.77 bits per heavy atom. The molecule has 22 heavy (non-hydrogen) atoms. The molecule has 0 saturated carbocycles. The summed E-state index contributed by atoms with van der Waals surface area (Å²) in [5.41, 5.74) is 2.80. The number of benzene rings is 2. The van der Waals surface area contributed by atoms with E-state index in [4.69, 9.17) is 0 Å². The summed E-state index contributed by atoms with van der Waals surface area (Å²) in [6, 6.07) is 16.5. The number of hydrogen-bond acceptors (Lipinski definition) is 2. The molecule has 0 spiro atoms. The number of carbonyl (C=O) groups is 2. The maximum absolute atomic E-state index is 11.8. The topological polar surface area (TPSA) is 46.2 Å². The molecule has 1 aromatic heterocycles. The van der Waals surface area contributed by atoms with Crippen molar-refractivity contribution in [1.82, 2.24) is 5.32 Å². The van der Waals surface area contributed by atoms with Gasteiger partial charge in [-0.3, -0.25) is 0 Å². The van der Waals surface area contributed by atoms with Crippen LogP contribution in [0.1, 0.15) is 4.44 Å². The first kappa shape index (κ1) is 13.3. The Kier molecular flexibility index (Phi) is 3.07. The third-order valence-corrected chi connectivity index (χ3v) is 5.74. The van der Waals surface area contributed by atoms with Crippen LogP contribution in [0.4, 0.5) is 0 Å². The van der Waals surface area contributed by atoms with E-state index < -0.39 is 0 Å². The SMILES string of the molecule is O=C1C=C(c2cc(-c3cccc4ccccc34)c[se]2)C(=O)N1. The van der Waals surface area contributed by atoms with Gasteiger partial charge in [0.1, 0.15) is 0 Å². The molecule has 4 heteroatoms. The van der Waals surface area contributed by atoms with Crippen molar-refractivity contribution in [2.45, 2.75) is 0 Å². The van der Waals surface area contributed by atoms with Crippen LogP contribution in [0.5, 0.6) is 0 Å². The van der Waals surface area contributed by atoms with E-state index in [1.165, 1.54) is 22.4 Å². The molecule has 0 radical (unpaired) electrons. The van der Waals surface area contributed by atoms with Gasteiger partial charge >= 0.3 is 133 Å². The maximum atomic E-state index is 11.8. The molecule has 2 heterocycles. The van der Waals surface area contributed by atoms with Crippen LogP contribution < -0.4 is 5.32 Å². The minimum atomic E-state index is -0.324. The number of fused-ring (bicyclic) bond motifs is 1. The number of nitrogens with one attached hydrogen (secondary N) is 1. The second kappa shape index (κ2) is 5.09. The Labute approximate surface area is 133 Å². The Balaban J connectivity index is 1.83. The number of hydrogen-bond donors (Lipinski definition) is 1. The summed E-state index contributed by atoms with van der Waals surface area (Å²) < 4.78 is 0.957. The van der Waals surface area contributed by atoms with Crippen LogP contribution >= 0.6 is 0 Å². The number of rotatable bonds is 2. The molecule has 0 bridgehead atoms. The molecule has 0 saturated heterocycles. The van der Waals surface area contributed by atoms with Gasteiger partial charge < -0.3 is 0 Å². The molecule has 4 rings (SSSR count). The molecule has 0 fully saturated rings. The van der Waals surface area contributed by atoms with Gasteiger partial charge in [-0.05, 0) is 0 Å². The van der Waals surface area contributed by atoms with Crippen LogP contribution in [-0.2, 0) is 9.59 Å². The summed E-state index contributed by atoms with van der Waals surface area (Å²) in [7, 11) is 0. The van der Waals surface area contributed by atoms with Crippen LogP contribution in [0.3, 0.4) is 0 Å². The predicted molar refractivity (Wildman–Crippen MR) is 87.5 cm³/mol. The summed E-state index contributed by atoms with van der Waals surface area (Å²) in [4.78, 5) is 25.2. The number of imide groups is 1. The fourth-order valence-electron chi connectivity index (χ4n) is 2.69. The van der Waals surface area contributed by atoms with Crippen LogP contribution in [0.2, 0.25) is 0 Å². The van der Waals surface area contributed by atoms with E-state index in [1.54, 1.807) is 0 Å². The number of amides is 2. The molecule has 0 unspecified atom stereocenters. The van der Waals surface area contributed by atoms with Crippen molar-refractivity contribution >= 4 is 42.7 Å². The Bertz CT molecular complexity index is 947. The van der Waals surface area contributed by atoms with Crippen molar-refractivity contribution in [3.8, 4) is 11.1 Å². The van der Waals surface area contributed by atoms with Gasteiger partial charge in [0, 0.05) is 0 Å². The molecule has 1 aliphatic heterocycles. The van der Waals surface area contributed by atoms with Gasteiger partial charge in [-0.15, -0.1) is 0 Å². The number of carbonyl (C=O) groups excluding carboxylic acids is 2. The quantitative estimate of drug-likeness (QED) is 0.569. The van der Waals surface area contributed by atoms with Crippen molar-refractivity contribution in [3.05, 3.63) is 64.0 Å². The molecule has 1 aliphatic rings. The molecule has 106 valence electrons. The Hall–Kier alpha value is -2.42. The van der Waals surface area contributed by atoms with Crippen LogP contribution in [0.25, 0.3) is 27.5 Å². The van der Waals surface area contributed by atoms with E-state index in [0.717, 1.165) is 10.0 Å². The van der Waals surface area contributed by atoms with Gasteiger partial charge in [-0.25, -0.2) is 0 Å². The van der Waals surface area contributed by atoms with E-state index >= 15 is 0 Å². The van der Waals surface area contributed by atoms with E-state index in [9.17, 15) is 9.59 Å². The van der Waals surface area contributed by atoms with Crippen molar-refractivity contribution in [2.24, 2.45) is 0 Å². The van der Waals surface area contributed by atoms with Crippen LogP contribution in [0.15, 0.2) is 59.5 Å². The summed E-state index contributed by atoms with van der Waals surface area (Å²) in [5.74, 6) is -0.610. The zero-order chi connectivity index (χ0) is 15.1. The van der Waals surface area contributed by atoms with E-state index in [2.05, 4.69) is 34.5 Å². The molecule has 3 aromatic rings. The predicted octanol–water partition coefficient (Wildman–Crippen LogP) is 2.60. The summed E-state index contributed by atoms with van der Waals surface area (Å²) in [5, 5.41) is 4.70. The first-order valence-corrected chi connectivity index (χ1v) is 8.71. The second-order valence-corrected chi connectivity index (χ2v) is 7.01. The third kappa shape index (κ3) is 2.13. The Morgan fingerprint density at radius 1 is 0.955 bits per heavy atom. The molecule has 2 aromatic carbocycles. The fraction of sp³-hybridized carbons (Fsp3) is 0. The monoisotopic (exact) mass is 353 g/mol. The van der Waals surface area contributed by atoms with Gasteiger partial charge in [-0.1, -0.05) is 0 Å². The second-order valence-electron chi connectivity index (χ2n) is 5.10. The first-order chi connectivity index (χ1) is 10.7. The van der Waals surface area contributed by atoms with Crippen molar-refractivity contribution < 1.29 is 9.59 Å². The molecule has 1 N–H and O–H groups in total. The first-order valence-electron chi connectivity index (χ1n) is 6.86. The van der Waals surface area contributed by atoms with E-state index in [0.29, 0.717) is 5.57 Å². The van der Waals surface area contributed by atoms with Crippen molar-refractivity contribution in [1.29, 1.82) is 0 Å². The van der Waals surface area contributed by atoms with Crippen LogP contribution in [-0.4, -0.2) is 26.3 Å². The molecule has 2 amide bonds. The van der Waals surface area contributed by atoms with Crippen molar-refractivity contribution in [3.63, 3.8) is 0 Å². The van der Waals surface area contributed by atoms with Gasteiger partial charge in [0.25, 0.3) is 0 Å². The fourth-order valence-corrected chi connectivity index (χ4v) is 4.63. The van der Waals surface area contributed by atoms with Gasteiger partial charge in [-0.2, -0.15) is 0 Å². The summed E-state index contributed by atoms with van der Waals surface area (Å²) in [6.07, 6.45) is 1.40. The zero-order valence-electron chi connectivity index (χ0n) is 11.5. The van der Waals surface area contributed by atoms with Crippen LogP contribution in [0, 0.1) is 0 Å². The average molecular weight is 352 g/mol. The average Bonchev–Trinajstić information content (AvgIpc) is 3.13. The summed E-state index contributed by atoms with van der Waals surface area (Å²) in [6.45, 7) is 0. The molecule has 0 aliphatic carbocycles. The summed E-state index contributed by atoms with van der Waals surface area (Å²) >= 11 is 0.0695. The minimum absolute atomic E-state index is 0.0695. The van der Waals surface area contributed by atoms with Gasteiger partial charge in [0.05, 0.1) is 0 Å². The van der Waals surface area contributed by atoms with Crippen molar-refractivity contribution in [2.75, 3.05) is 0 Å². The van der Waals surface area contributed by atoms with Gasteiger partial charge in [0.2, 0.25) is 0 Å². The standard InChI is InChI=1S/C18H11NO2Se/c20-17-9-15(18(21)19-17)16-8-12(10-22-16)14-7-3-5-11-4-1-2-6-13(11)14/h1-10H,(H,19,20,21). The third-order valence-electron chi connectivity index (χ3n) is 3.72. The zero-order valence-corrected chi connectivity index (χ0v) is 13.2. The van der Waals surface area contributed by atoms with E-state index in [1.807, 2.05) is 24.3 Å². The molecule has 0 atom stereocenters. The van der Waals surface area contributed by atoms with E-state index in [-0.39, 0.29) is 26.3 Å². The Morgan fingerprint density at radius 3 is 2.59 bits per heavy atom. The molecular formula is C18H11NO2Se. The molecular weight excluding hydrogens is 341 g/mol. The molecule has 3 nitrogen and oxygen atoms in total. The van der Waals surface area contributed by atoms with Gasteiger partial charge in [0.15, 0.2) is 0 Å². The normalized spacial score (nSPS) is 14.3.